The molecule has 6 nitrogen and oxygen atoms in total. The van der Waals surface area contributed by atoms with Crippen LogP contribution in [0.5, 0.6) is 5.75 Å². The molecule has 22 heavy (non-hydrogen) atoms. The molecule has 1 atom stereocenters. The second-order valence-corrected chi connectivity index (χ2v) is 5.49. The van der Waals surface area contributed by atoms with Gasteiger partial charge in [0.1, 0.15) is 5.75 Å². The Morgan fingerprint density at radius 2 is 1.86 bits per heavy atom. The smallest absolute Gasteiger partial charge is 0.491 e. The zero-order valence-electron chi connectivity index (χ0n) is 13.0. The van der Waals surface area contributed by atoms with Crippen molar-refractivity contribution in [3.63, 3.8) is 0 Å². The van der Waals surface area contributed by atoms with Crippen LogP contribution >= 0.6 is 0 Å². The summed E-state index contributed by atoms with van der Waals surface area (Å²) in [6.07, 6.45) is 4.45. The molecule has 1 aromatic carbocycles. The molecule has 0 spiro atoms. The number of hydroxylamine groups is 1. The van der Waals surface area contributed by atoms with E-state index in [1.807, 2.05) is 24.3 Å². The molecular weight excluding hydrogens is 284 g/mol. The van der Waals surface area contributed by atoms with E-state index in [0.29, 0.717) is 4.86 Å². The number of hydrogen-bond acceptors (Lipinski definition) is 4. The van der Waals surface area contributed by atoms with E-state index in [1.54, 1.807) is 7.11 Å². The second kappa shape index (κ2) is 7.77. The van der Waals surface area contributed by atoms with Crippen molar-refractivity contribution in [3.8, 4) is 5.75 Å². The van der Waals surface area contributed by atoms with Gasteiger partial charge in [-0.3, -0.25) is 0 Å². The Hall–Kier alpha value is -2.11. The lowest BCUT2D eigenvalue weighted by Crippen LogP contribution is -2.24. The Morgan fingerprint density at radius 3 is 2.41 bits per heavy atom. The first-order chi connectivity index (χ1) is 10.7. The molecule has 6 heteroatoms. The highest BCUT2D eigenvalue weighted by Gasteiger charge is 2.33. The van der Waals surface area contributed by atoms with E-state index in [-0.39, 0.29) is 5.92 Å². The summed E-state index contributed by atoms with van der Waals surface area (Å²) >= 11 is 0. The van der Waals surface area contributed by atoms with E-state index >= 15 is 0 Å². The summed E-state index contributed by atoms with van der Waals surface area (Å²) in [5.74, 6) is 0.918. The predicted molar refractivity (Wildman–Crippen MR) is 80.8 cm³/mol. The number of rotatable bonds is 4. The number of hydrogen-bond donors (Lipinski definition) is 0. The summed E-state index contributed by atoms with van der Waals surface area (Å²) in [5.41, 5.74) is 0.843. The maximum Gasteiger partial charge on any atom is 0.491 e. The lowest BCUT2D eigenvalue weighted by molar-refractivity contribution is -0.580. The van der Waals surface area contributed by atoms with Crippen LogP contribution in [-0.4, -0.2) is 25.2 Å². The molecule has 120 valence electrons. The number of carbonyl (C=O) groups is 1. The van der Waals surface area contributed by atoms with Gasteiger partial charge in [-0.2, -0.15) is 0 Å². The van der Waals surface area contributed by atoms with Crippen LogP contribution in [0.25, 0.3) is 0 Å². The number of ether oxygens (including phenoxy) is 2. The quantitative estimate of drug-likeness (QED) is 0.478. The van der Waals surface area contributed by atoms with Gasteiger partial charge in [-0.05, 0) is 37.1 Å². The second-order valence-electron chi connectivity index (χ2n) is 5.49. The average Bonchev–Trinajstić information content (AvgIpc) is 2.56. The van der Waals surface area contributed by atoms with Gasteiger partial charge in [0.15, 0.2) is 0 Å². The molecule has 2 rings (SSSR count). The molecule has 1 aliphatic rings. The normalized spacial score (nSPS) is 17.8. The summed E-state index contributed by atoms with van der Waals surface area (Å²) in [4.78, 5) is 11.8. The van der Waals surface area contributed by atoms with Crippen LogP contribution < -0.4 is 4.74 Å². The van der Waals surface area contributed by atoms with Gasteiger partial charge < -0.3 is 14.7 Å². The monoisotopic (exact) mass is 306 g/mol. The lowest BCUT2D eigenvalue weighted by Gasteiger charge is -2.27. The maximum absolute atomic E-state index is 12.4. The average molecular weight is 306 g/mol. The third-order valence-corrected chi connectivity index (χ3v) is 4.15. The summed E-state index contributed by atoms with van der Waals surface area (Å²) in [6.45, 7) is 0. The predicted octanol–water partition coefficient (Wildman–Crippen LogP) is 4.05. The van der Waals surface area contributed by atoms with Crippen LogP contribution in [0.2, 0.25) is 0 Å². The van der Waals surface area contributed by atoms with Crippen molar-refractivity contribution in [2.75, 3.05) is 14.2 Å². The standard InChI is InChI=1S/C16H22N2O4/c1-21-14-10-8-13(9-11-14)15(12-6-4-3-5-7-12)18(20)17-16(19)22-2/h8-12,15H,3-7H2,1-2H3/b18-17-. The molecule has 1 amide bonds. The minimum Gasteiger partial charge on any atom is -0.599 e. The first-order valence-corrected chi connectivity index (χ1v) is 7.55. The minimum atomic E-state index is -0.871. The van der Waals surface area contributed by atoms with Gasteiger partial charge >= 0.3 is 6.09 Å². The molecule has 0 N–H and O–H groups in total. The molecule has 1 aliphatic carbocycles. The Bertz CT molecular complexity index is 521. The molecule has 1 unspecified atom stereocenters. The first-order valence-electron chi connectivity index (χ1n) is 7.55. The van der Waals surface area contributed by atoms with Gasteiger partial charge in [-0.15, -0.1) is 0 Å². The molecular formula is C16H22N2O4. The molecule has 0 aliphatic heterocycles. The van der Waals surface area contributed by atoms with Crippen LogP contribution in [0.4, 0.5) is 4.79 Å². The van der Waals surface area contributed by atoms with Crippen LogP contribution in [0.1, 0.15) is 43.7 Å². The Labute approximate surface area is 130 Å². The zero-order chi connectivity index (χ0) is 15.9. The van der Waals surface area contributed by atoms with Crippen LogP contribution in [-0.2, 0) is 4.74 Å². The summed E-state index contributed by atoms with van der Waals surface area (Å²) in [6, 6.07) is 6.88. The van der Waals surface area contributed by atoms with E-state index < -0.39 is 12.1 Å². The van der Waals surface area contributed by atoms with Crippen LogP contribution in [0.15, 0.2) is 29.4 Å². The maximum atomic E-state index is 12.4. The highest BCUT2D eigenvalue weighted by Crippen LogP contribution is 2.37. The van der Waals surface area contributed by atoms with Gasteiger partial charge in [0.05, 0.1) is 19.3 Å². The molecule has 1 aromatic rings. The molecule has 0 radical (unpaired) electrons. The fourth-order valence-corrected chi connectivity index (χ4v) is 3.01. The van der Waals surface area contributed by atoms with Gasteiger partial charge in [-0.1, -0.05) is 24.1 Å². The van der Waals surface area contributed by atoms with Crippen molar-refractivity contribution < 1.29 is 19.1 Å². The fraction of sp³-hybridized carbons (Fsp3) is 0.562. The SMILES string of the molecule is COC(=O)/N=[N+](\[O-])C(c1ccc(OC)cc1)C1CCCCC1. The van der Waals surface area contributed by atoms with Crippen molar-refractivity contribution in [1.29, 1.82) is 0 Å². The summed E-state index contributed by atoms with van der Waals surface area (Å²) < 4.78 is 9.61. The van der Waals surface area contributed by atoms with E-state index in [2.05, 4.69) is 9.85 Å². The third kappa shape index (κ3) is 3.96. The summed E-state index contributed by atoms with van der Waals surface area (Å²) in [7, 11) is 2.81. The van der Waals surface area contributed by atoms with Crippen molar-refractivity contribution >= 4 is 6.09 Å². The van der Waals surface area contributed by atoms with Crippen molar-refractivity contribution in [1.82, 2.24) is 0 Å². The summed E-state index contributed by atoms with van der Waals surface area (Å²) in [5, 5.41) is 15.9. The van der Waals surface area contributed by atoms with Crippen molar-refractivity contribution in [3.05, 3.63) is 35.0 Å². The van der Waals surface area contributed by atoms with Gasteiger partial charge in [0.2, 0.25) is 6.04 Å². The molecule has 0 aromatic heterocycles. The number of amides is 1. The third-order valence-electron chi connectivity index (χ3n) is 4.15. The Morgan fingerprint density at radius 1 is 1.23 bits per heavy atom. The number of nitrogens with zero attached hydrogens (tertiary/aromatic N) is 2. The van der Waals surface area contributed by atoms with Gasteiger partial charge in [-0.25, -0.2) is 4.79 Å². The van der Waals surface area contributed by atoms with E-state index in [1.165, 1.54) is 13.5 Å². The number of azo groups is 1. The van der Waals surface area contributed by atoms with E-state index in [9.17, 15) is 10.0 Å². The zero-order valence-corrected chi connectivity index (χ0v) is 13.0. The highest BCUT2D eigenvalue weighted by atomic mass is 16.6. The lowest BCUT2D eigenvalue weighted by atomic mass is 9.81. The van der Waals surface area contributed by atoms with Crippen LogP contribution in [0, 0.1) is 11.1 Å². The number of methoxy groups -OCH3 is 2. The molecule has 0 saturated heterocycles. The number of carbonyl (C=O) groups excluding carboxylic acids is 1. The highest BCUT2D eigenvalue weighted by molar-refractivity contribution is 5.66. The van der Waals surface area contributed by atoms with E-state index in [0.717, 1.165) is 37.0 Å². The largest absolute Gasteiger partial charge is 0.599 e. The molecule has 1 fully saturated rings. The molecule has 1 saturated carbocycles. The fourth-order valence-electron chi connectivity index (χ4n) is 3.01. The topological polar surface area (TPSA) is 74.0 Å². The molecule has 0 bridgehead atoms. The Kier molecular flexibility index (Phi) is 5.75. The molecule has 0 heterocycles. The van der Waals surface area contributed by atoms with Gasteiger partial charge in [0.25, 0.3) is 0 Å². The number of benzene rings is 1. The van der Waals surface area contributed by atoms with Gasteiger partial charge in [0, 0.05) is 11.5 Å². The van der Waals surface area contributed by atoms with Crippen molar-refractivity contribution in [2.24, 2.45) is 11.0 Å². The van der Waals surface area contributed by atoms with Crippen LogP contribution in [0.3, 0.4) is 0 Å². The minimum absolute atomic E-state index is 0.188. The van der Waals surface area contributed by atoms with Crippen molar-refractivity contribution in [2.45, 2.75) is 38.1 Å². The van der Waals surface area contributed by atoms with E-state index in [4.69, 9.17) is 4.74 Å². The first kappa shape index (κ1) is 16.3. The Balaban J connectivity index is 2.30.